The van der Waals surface area contributed by atoms with E-state index in [9.17, 15) is 9.90 Å². The van der Waals surface area contributed by atoms with E-state index in [-0.39, 0.29) is 17.9 Å². The monoisotopic (exact) mass is 278 g/mol. The van der Waals surface area contributed by atoms with E-state index < -0.39 is 6.10 Å². The molecular formula is C15H22N2O3. The fourth-order valence-electron chi connectivity index (χ4n) is 1.43. The van der Waals surface area contributed by atoms with Gasteiger partial charge in [0.15, 0.2) is 0 Å². The summed E-state index contributed by atoms with van der Waals surface area (Å²) >= 11 is 0. The van der Waals surface area contributed by atoms with Crippen LogP contribution in [0.4, 0.5) is 0 Å². The summed E-state index contributed by atoms with van der Waals surface area (Å²) in [5.41, 5.74) is 1.13. The van der Waals surface area contributed by atoms with Gasteiger partial charge in [-0.1, -0.05) is 38.1 Å². The van der Waals surface area contributed by atoms with Gasteiger partial charge in [0.25, 0.3) is 5.91 Å². The molecule has 0 aliphatic heterocycles. The topological polar surface area (TPSA) is 70.9 Å². The van der Waals surface area contributed by atoms with Crippen LogP contribution in [0.3, 0.4) is 0 Å². The number of benzene rings is 1. The molecule has 2 N–H and O–H groups in total. The minimum Gasteiger partial charge on any atom is -0.399 e. The first-order chi connectivity index (χ1) is 9.34. The highest BCUT2D eigenvalue weighted by Crippen LogP contribution is 2.18. The van der Waals surface area contributed by atoms with Crippen molar-refractivity contribution in [2.45, 2.75) is 26.9 Å². The van der Waals surface area contributed by atoms with Crippen molar-refractivity contribution in [2.24, 2.45) is 10.6 Å². The number of carbonyl (C=O) groups excluding carboxylic acids is 1. The Hall–Kier alpha value is -1.88. The van der Waals surface area contributed by atoms with E-state index in [0.29, 0.717) is 5.56 Å². The van der Waals surface area contributed by atoms with E-state index in [1.165, 1.54) is 7.11 Å². The van der Waals surface area contributed by atoms with Crippen LogP contribution < -0.4 is 5.32 Å². The number of nitrogens with zero attached hydrogens (tertiary/aromatic N) is 1. The number of nitrogens with one attached hydrogen (secondary N) is 1. The average Bonchev–Trinajstić information content (AvgIpc) is 2.41. The number of aliphatic hydroxyl groups is 1. The van der Waals surface area contributed by atoms with Gasteiger partial charge in [-0.3, -0.25) is 4.79 Å². The Morgan fingerprint density at radius 3 is 2.50 bits per heavy atom. The zero-order chi connectivity index (χ0) is 15.2. The lowest BCUT2D eigenvalue weighted by atomic mass is 9.89. The SMILES string of the molecule is CO/N=C/c1ccc(C(=O)NCC(O)C(C)(C)C)cc1. The first-order valence-corrected chi connectivity index (χ1v) is 6.47. The van der Waals surface area contributed by atoms with Gasteiger partial charge in [0, 0.05) is 12.1 Å². The highest BCUT2D eigenvalue weighted by atomic mass is 16.6. The van der Waals surface area contributed by atoms with E-state index in [0.717, 1.165) is 5.56 Å². The van der Waals surface area contributed by atoms with Gasteiger partial charge in [0.05, 0.1) is 12.3 Å². The molecule has 0 saturated heterocycles. The Morgan fingerprint density at radius 2 is 2.00 bits per heavy atom. The Bertz CT molecular complexity index is 461. The number of carbonyl (C=O) groups is 1. The van der Waals surface area contributed by atoms with Gasteiger partial charge in [-0.05, 0) is 23.1 Å². The number of aliphatic hydroxyl groups excluding tert-OH is 1. The predicted molar refractivity (Wildman–Crippen MR) is 78.8 cm³/mol. The van der Waals surface area contributed by atoms with Crippen molar-refractivity contribution in [2.75, 3.05) is 13.7 Å². The van der Waals surface area contributed by atoms with E-state index >= 15 is 0 Å². The predicted octanol–water partition coefficient (Wildman–Crippen LogP) is 1.80. The molecule has 5 heteroatoms. The number of hydrogen-bond acceptors (Lipinski definition) is 4. The third-order valence-corrected chi connectivity index (χ3v) is 2.94. The largest absolute Gasteiger partial charge is 0.399 e. The lowest BCUT2D eigenvalue weighted by Crippen LogP contribution is -2.39. The first-order valence-electron chi connectivity index (χ1n) is 6.47. The first kappa shape index (κ1) is 16.2. The minimum atomic E-state index is -0.584. The van der Waals surface area contributed by atoms with Crippen molar-refractivity contribution >= 4 is 12.1 Å². The summed E-state index contributed by atoms with van der Waals surface area (Å²) in [4.78, 5) is 16.5. The van der Waals surface area contributed by atoms with Crippen LogP contribution in [0.15, 0.2) is 29.4 Å². The van der Waals surface area contributed by atoms with Crippen molar-refractivity contribution < 1.29 is 14.7 Å². The second-order valence-electron chi connectivity index (χ2n) is 5.63. The van der Waals surface area contributed by atoms with Crippen molar-refractivity contribution in [3.05, 3.63) is 35.4 Å². The average molecular weight is 278 g/mol. The van der Waals surface area contributed by atoms with Gasteiger partial charge in [-0.2, -0.15) is 0 Å². The highest BCUT2D eigenvalue weighted by molar-refractivity contribution is 5.95. The van der Waals surface area contributed by atoms with Crippen molar-refractivity contribution in [1.29, 1.82) is 0 Å². The van der Waals surface area contributed by atoms with Gasteiger partial charge >= 0.3 is 0 Å². The molecule has 1 aromatic rings. The van der Waals surface area contributed by atoms with Gasteiger partial charge < -0.3 is 15.3 Å². The molecule has 1 atom stereocenters. The molecule has 0 spiro atoms. The van der Waals surface area contributed by atoms with Crippen LogP contribution in [0.2, 0.25) is 0 Å². The third-order valence-electron chi connectivity index (χ3n) is 2.94. The zero-order valence-corrected chi connectivity index (χ0v) is 12.4. The van der Waals surface area contributed by atoms with Crippen LogP contribution in [0.1, 0.15) is 36.7 Å². The molecule has 110 valence electrons. The Kier molecular flexibility index (Phi) is 5.70. The van der Waals surface area contributed by atoms with Gasteiger partial charge in [0.1, 0.15) is 7.11 Å². The van der Waals surface area contributed by atoms with Crippen LogP contribution in [0.5, 0.6) is 0 Å². The summed E-state index contributed by atoms with van der Waals surface area (Å²) < 4.78 is 0. The molecular weight excluding hydrogens is 256 g/mol. The Morgan fingerprint density at radius 1 is 1.40 bits per heavy atom. The van der Waals surface area contributed by atoms with E-state index in [4.69, 9.17) is 0 Å². The summed E-state index contributed by atoms with van der Waals surface area (Å²) in [6.07, 6.45) is 0.977. The summed E-state index contributed by atoms with van der Waals surface area (Å²) in [6, 6.07) is 6.96. The smallest absolute Gasteiger partial charge is 0.251 e. The van der Waals surface area contributed by atoms with Crippen LogP contribution >= 0.6 is 0 Å². The number of rotatable bonds is 5. The molecule has 5 nitrogen and oxygen atoms in total. The fraction of sp³-hybridized carbons (Fsp3) is 0.467. The van der Waals surface area contributed by atoms with Crippen LogP contribution in [0, 0.1) is 5.41 Å². The van der Waals surface area contributed by atoms with E-state index in [2.05, 4.69) is 15.3 Å². The molecule has 1 amide bonds. The second-order valence-corrected chi connectivity index (χ2v) is 5.63. The molecule has 0 aliphatic rings. The van der Waals surface area contributed by atoms with Crippen LogP contribution in [0.25, 0.3) is 0 Å². The summed E-state index contributed by atoms with van der Waals surface area (Å²) in [7, 11) is 1.47. The van der Waals surface area contributed by atoms with Gasteiger partial charge in [-0.25, -0.2) is 0 Å². The molecule has 1 unspecified atom stereocenters. The minimum absolute atomic E-state index is 0.205. The van der Waals surface area contributed by atoms with Gasteiger partial charge in [-0.15, -0.1) is 0 Å². The Labute approximate surface area is 119 Å². The summed E-state index contributed by atoms with van der Waals surface area (Å²) in [5, 5.41) is 16.2. The maximum Gasteiger partial charge on any atom is 0.251 e. The lowest BCUT2D eigenvalue weighted by molar-refractivity contribution is 0.0587. The third kappa shape index (κ3) is 5.01. The fourth-order valence-corrected chi connectivity index (χ4v) is 1.43. The second kappa shape index (κ2) is 7.05. The highest BCUT2D eigenvalue weighted by Gasteiger charge is 2.22. The molecule has 0 aliphatic carbocycles. The molecule has 1 aromatic carbocycles. The number of amides is 1. The maximum absolute atomic E-state index is 11.9. The van der Waals surface area contributed by atoms with Crippen LogP contribution in [-0.4, -0.2) is 37.0 Å². The summed E-state index contributed by atoms with van der Waals surface area (Å²) in [6.45, 7) is 6.00. The molecule has 0 saturated carbocycles. The molecule has 0 aromatic heterocycles. The number of hydrogen-bond donors (Lipinski definition) is 2. The molecule has 0 radical (unpaired) electrons. The summed E-state index contributed by atoms with van der Waals surface area (Å²) in [5.74, 6) is -0.205. The van der Waals surface area contributed by atoms with E-state index in [1.807, 2.05) is 20.8 Å². The molecule has 0 heterocycles. The Balaban J connectivity index is 2.58. The lowest BCUT2D eigenvalue weighted by Gasteiger charge is -2.25. The van der Waals surface area contributed by atoms with Crippen molar-refractivity contribution in [1.82, 2.24) is 5.32 Å². The molecule has 0 bridgehead atoms. The van der Waals surface area contributed by atoms with Gasteiger partial charge in [0.2, 0.25) is 0 Å². The maximum atomic E-state index is 11.9. The number of oxime groups is 1. The molecule has 0 fully saturated rings. The quantitative estimate of drug-likeness (QED) is 0.637. The molecule has 1 rings (SSSR count). The normalized spacial score (nSPS) is 13.2. The van der Waals surface area contributed by atoms with Crippen LogP contribution in [-0.2, 0) is 4.84 Å². The van der Waals surface area contributed by atoms with Crippen molar-refractivity contribution in [3.8, 4) is 0 Å². The molecule has 20 heavy (non-hydrogen) atoms. The zero-order valence-electron chi connectivity index (χ0n) is 12.4. The van der Waals surface area contributed by atoms with Crippen molar-refractivity contribution in [3.63, 3.8) is 0 Å². The van der Waals surface area contributed by atoms with E-state index in [1.54, 1.807) is 30.5 Å². The standard InChI is InChI=1S/C15H22N2O3/c1-15(2,3)13(18)10-16-14(19)12-7-5-11(6-8-12)9-17-20-4/h5-9,13,18H,10H2,1-4H3,(H,16,19)/b17-9+.